The molecule has 31 heavy (non-hydrogen) atoms. The highest BCUT2D eigenvalue weighted by atomic mass is 79.9. The molecule has 166 valence electrons. The van der Waals surface area contributed by atoms with Gasteiger partial charge in [0.1, 0.15) is 5.52 Å². The smallest absolute Gasteiger partial charge is 0.243 e. The zero-order valence-corrected chi connectivity index (χ0v) is 19.4. The maximum absolute atomic E-state index is 14.5. The van der Waals surface area contributed by atoms with Crippen LogP contribution in [-0.2, 0) is 10.0 Å². The van der Waals surface area contributed by atoms with Crippen LogP contribution >= 0.6 is 15.9 Å². The van der Waals surface area contributed by atoms with Crippen molar-refractivity contribution in [3.63, 3.8) is 0 Å². The number of fused-ring (bicyclic) bond motifs is 1. The molecule has 2 N–H and O–H groups in total. The van der Waals surface area contributed by atoms with E-state index in [-0.39, 0.29) is 35.4 Å². The quantitative estimate of drug-likeness (QED) is 0.546. The minimum Gasteiger partial charge on any atom is -0.390 e. The number of sulfonamides is 1. The van der Waals surface area contributed by atoms with Crippen LogP contribution in [0.15, 0.2) is 45.9 Å². The molecule has 0 aliphatic carbocycles. The predicted octanol–water partition coefficient (Wildman–Crippen LogP) is 2.99. The van der Waals surface area contributed by atoms with E-state index < -0.39 is 28.0 Å². The lowest BCUT2D eigenvalue weighted by molar-refractivity contribution is 0.0947. The van der Waals surface area contributed by atoms with Gasteiger partial charge in [0.25, 0.3) is 0 Å². The van der Waals surface area contributed by atoms with Crippen LogP contribution in [0, 0.1) is 5.82 Å². The van der Waals surface area contributed by atoms with Crippen molar-refractivity contribution >= 4 is 37.4 Å². The lowest BCUT2D eigenvalue weighted by atomic mass is 10.0. The van der Waals surface area contributed by atoms with E-state index in [1.54, 1.807) is 18.2 Å². The first-order valence-corrected chi connectivity index (χ1v) is 12.2. The number of anilines is 1. The summed E-state index contributed by atoms with van der Waals surface area (Å²) in [5.74, 6) is -0.166. The third-order valence-electron chi connectivity index (χ3n) is 5.39. The zero-order valence-electron chi connectivity index (χ0n) is 17.0. The molecule has 1 aliphatic heterocycles. The molecule has 1 fully saturated rings. The highest BCUT2D eigenvalue weighted by molar-refractivity contribution is 9.10. The number of piperidine rings is 1. The fraction of sp³-hybridized carbons (Fsp3) is 0.400. The Morgan fingerprint density at radius 3 is 2.65 bits per heavy atom. The molecule has 0 amide bonds. The second-order valence-electron chi connectivity index (χ2n) is 7.83. The van der Waals surface area contributed by atoms with Crippen LogP contribution in [0.25, 0.3) is 5.52 Å². The van der Waals surface area contributed by atoms with Gasteiger partial charge in [-0.1, -0.05) is 32.0 Å². The first-order valence-electron chi connectivity index (χ1n) is 9.92. The molecule has 1 aliphatic rings. The van der Waals surface area contributed by atoms with Gasteiger partial charge in [0.15, 0.2) is 5.82 Å². The van der Waals surface area contributed by atoms with Crippen LogP contribution in [0.5, 0.6) is 0 Å². The molecule has 1 aromatic carbocycles. The van der Waals surface area contributed by atoms with Crippen molar-refractivity contribution in [2.75, 3.05) is 18.4 Å². The highest BCUT2D eigenvalue weighted by Gasteiger charge is 2.35. The third kappa shape index (κ3) is 4.07. The number of halogens is 2. The summed E-state index contributed by atoms with van der Waals surface area (Å²) in [7, 11) is -3.67. The summed E-state index contributed by atoms with van der Waals surface area (Å²) in [6.07, 6.45) is 0.808. The lowest BCUT2D eigenvalue weighted by Crippen LogP contribution is -2.51. The Morgan fingerprint density at radius 2 is 2.00 bits per heavy atom. The van der Waals surface area contributed by atoms with Gasteiger partial charge in [-0.15, -0.1) is 5.10 Å². The monoisotopic (exact) mass is 511 g/mol. The van der Waals surface area contributed by atoms with Gasteiger partial charge in [0.2, 0.25) is 16.0 Å². The van der Waals surface area contributed by atoms with Crippen molar-refractivity contribution in [1.29, 1.82) is 0 Å². The fourth-order valence-electron chi connectivity index (χ4n) is 3.76. The predicted molar refractivity (Wildman–Crippen MR) is 118 cm³/mol. The van der Waals surface area contributed by atoms with Crippen LogP contribution in [0.1, 0.15) is 31.9 Å². The first kappa shape index (κ1) is 22.1. The average molecular weight is 512 g/mol. The molecule has 0 unspecified atom stereocenters. The topological polar surface area (TPSA) is 99.8 Å². The van der Waals surface area contributed by atoms with E-state index in [4.69, 9.17) is 0 Å². The number of aliphatic hydroxyl groups excluding tert-OH is 1. The summed E-state index contributed by atoms with van der Waals surface area (Å²) in [5, 5.41) is 18.1. The van der Waals surface area contributed by atoms with Crippen molar-refractivity contribution in [3.8, 4) is 0 Å². The van der Waals surface area contributed by atoms with Crippen molar-refractivity contribution in [2.24, 2.45) is 0 Å². The van der Waals surface area contributed by atoms with Crippen LogP contribution in [-0.4, -0.2) is 57.7 Å². The molecule has 0 radical (unpaired) electrons. The molecule has 0 spiro atoms. The number of hydrogen-bond donors (Lipinski definition) is 2. The summed E-state index contributed by atoms with van der Waals surface area (Å²) in [4.78, 5) is 4.38. The van der Waals surface area contributed by atoms with E-state index in [0.29, 0.717) is 16.6 Å². The Bertz CT molecular complexity index is 1200. The Balaban J connectivity index is 1.53. The molecule has 2 atom stereocenters. The van der Waals surface area contributed by atoms with Crippen molar-refractivity contribution in [2.45, 2.75) is 43.2 Å². The maximum atomic E-state index is 14.5. The average Bonchev–Trinajstić information content (AvgIpc) is 3.00. The fourth-order valence-corrected chi connectivity index (χ4v) is 6.09. The van der Waals surface area contributed by atoms with E-state index in [0.717, 1.165) is 0 Å². The van der Waals surface area contributed by atoms with Crippen molar-refractivity contribution in [3.05, 3.63) is 52.5 Å². The van der Waals surface area contributed by atoms with E-state index >= 15 is 0 Å². The number of nitrogens with zero attached hydrogens (tertiary/aromatic N) is 4. The largest absolute Gasteiger partial charge is 0.390 e. The van der Waals surface area contributed by atoms with E-state index in [2.05, 4.69) is 31.3 Å². The summed E-state index contributed by atoms with van der Waals surface area (Å²) in [6, 6.07) is 7.72. The van der Waals surface area contributed by atoms with Crippen molar-refractivity contribution < 1.29 is 17.9 Å². The van der Waals surface area contributed by atoms with E-state index in [9.17, 15) is 17.9 Å². The second kappa shape index (κ2) is 8.45. The molecule has 0 bridgehead atoms. The molecular formula is C20H23BrFN5O3S. The first-order chi connectivity index (χ1) is 14.7. The van der Waals surface area contributed by atoms with Crippen molar-refractivity contribution in [1.82, 2.24) is 18.9 Å². The normalized spacial score (nSPS) is 20.5. The number of aliphatic hydroxyl groups is 1. The van der Waals surface area contributed by atoms with Gasteiger partial charge in [-0.3, -0.25) is 0 Å². The Morgan fingerprint density at radius 1 is 1.29 bits per heavy atom. The van der Waals surface area contributed by atoms with Gasteiger partial charge in [-0.05, 0) is 40.4 Å². The number of nitrogens with one attached hydrogen (secondary N) is 1. The van der Waals surface area contributed by atoms with Gasteiger partial charge >= 0.3 is 0 Å². The standard InChI is InChI=1S/C20H23BrFN5O3S/c1-12(2)19-17(21)18(22)15-10-23-20(25-27(15)19)24-14-8-9-26(11-16(14)28)31(29,30)13-6-4-3-5-7-13/h3-7,10,12,14,16,28H,8-9,11H2,1-2H3,(H,24,25)/t14-,16-/m1/s1. The number of aromatic nitrogens is 3. The SMILES string of the molecule is CC(C)c1c(Br)c(F)c2cnc(N[C@@H]3CCN(S(=O)(=O)c4ccccc4)C[C@H]3O)nn12. The number of β-amino-alcohol motifs (C(OH)–C–C–N with tert-alkyl or cyclic N) is 1. The van der Waals surface area contributed by atoms with E-state index in [1.807, 2.05) is 13.8 Å². The minimum atomic E-state index is -3.67. The highest BCUT2D eigenvalue weighted by Crippen LogP contribution is 2.32. The van der Waals surface area contributed by atoms with Crippen LogP contribution in [0.3, 0.4) is 0 Å². The molecule has 2 aromatic heterocycles. The lowest BCUT2D eigenvalue weighted by Gasteiger charge is -2.35. The summed E-state index contributed by atoms with van der Waals surface area (Å²) < 4.78 is 43.2. The summed E-state index contributed by atoms with van der Waals surface area (Å²) in [5.41, 5.74) is 0.938. The second-order valence-corrected chi connectivity index (χ2v) is 10.6. The molecule has 3 aromatic rings. The molecule has 0 saturated carbocycles. The zero-order chi connectivity index (χ0) is 22.3. The molecule has 4 rings (SSSR count). The number of benzene rings is 1. The molecule has 8 nitrogen and oxygen atoms in total. The molecule has 3 heterocycles. The van der Waals surface area contributed by atoms with Gasteiger partial charge in [0, 0.05) is 13.1 Å². The molecular weight excluding hydrogens is 489 g/mol. The number of rotatable bonds is 5. The van der Waals surface area contributed by atoms with Gasteiger partial charge in [-0.2, -0.15) is 4.31 Å². The maximum Gasteiger partial charge on any atom is 0.243 e. The minimum absolute atomic E-state index is 0.0196. The summed E-state index contributed by atoms with van der Waals surface area (Å²) >= 11 is 3.28. The van der Waals surface area contributed by atoms with Crippen LogP contribution < -0.4 is 5.32 Å². The van der Waals surface area contributed by atoms with Crippen LogP contribution in [0.4, 0.5) is 10.3 Å². The van der Waals surface area contributed by atoms with E-state index in [1.165, 1.54) is 27.2 Å². The third-order valence-corrected chi connectivity index (χ3v) is 8.02. The van der Waals surface area contributed by atoms with Gasteiger partial charge < -0.3 is 10.4 Å². The molecule has 11 heteroatoms. The van der Waals surface area contributed by atoms with Gasteiger partial charge in [-0.25, -0.2) is 22.3 Å². The Hall–Kier alpha value is -2.08. The summed E-state index contributed by atoms with van der Waals surface area (Å²) in [6.45, 7) is 4.08. The number of hydrogen-bond acceptors (Lipinski definition) is 6. The Labute approximate surface area is 188 Å². The van der Waals surface area contributed by atoms with Gasteiger partial charge in [0.05, 0.1) is 33.4 Å². The Kier molecular flexibility index (Phi) is 6.03. The molecule has 1 saturated heterocycles. The van der Waals surface area contributed by atoms with Crippen LogP contribution in [0.2, 0.25) is 0 Å².